The molecule has 2 unspecified atom stereocenters. The quantitative estimate of drug-likeness (QED) is 0.805. The van der Waals surface area contributed by atoms with E-state index in [2.05, 4.69) is 46.9 Å². The lowest BCUT2D eigenvalue weighted by Gasteiger charge is -2.37. The van der Waals surface area contributed by atoms with E-state index in [9.17, 15) is 0 Å². The third-order valence-corrected chi connectivity index (χ3v) is 4.95. The topological polar surface area (TPSA) is 21.3 Å². The normalized spacial score (nSPS) is 33.3. The van der Waals surface area contributed by atoms with Crippen molar-refractivity contribution in [2.75, 3.05) is 6.54 Å². The second-order valence-corrected chi connectivity index (χ2v) is 7.86. The van der Waals surface area contributed by atoms with Crippen LogP contribution in [0.1, 0.15) is 67.2 Å². The largest absolute Gasteiger partial charge is 0.369 e. The van der Waals surface area contributed by atoms with E-state index in [0.29, 0.717) is 17.4 Å². The monoisotopic (exact) mass is 253 g/mol. The first-order chi connectivity index (χ1) is 8.20. The van der Waals surface area contributed by atoms with Crippen molar-refractivity contribution in [1.82, 2.24) is 5.32 Å². The van der Waals surface area contributed by atoms with E-state index in [1.165, 1.54) is 25.7 Å². The molecule has 1 heterocycles. The van der Waals surface area contributed by atoms with E-state index >= 15 is 0 Å². The summed E-state index contributed by atoms with van der Waals surface area (Å²) in [6, 6.07) is 0.620. The Labute approximate surface area is 113 Å². The maximum atomic E-state index is 6.29. The number of hydrogen-bond acceptors (Lipinski definition) is 2. The minimum absolute atomic E-state index is 0.000504. The summed E-state index contributed by atoms with van der Waals surface area (Å²) < 4.78 is 6.29. The summed E-state index contributed by atoms with van der Waals surface area (Å²) in [7, 11) is 0. The van der Waals surface area contributed by atoms with Gasteiger partial charge in [-0.25, -0.2) is 0 Å². The third-order valence-electron chi connectivity index (χ3n) is 4.95. The lowest BCUT2D eigenvalue weighted by atomic mass is 9.75. The lowest BCUT2D eigenvalue weighted by molar-refractivity contribution is -0.0799. The van der Waals surface area contributed by atoms with Gasteiger partial charge < -0.3 is 10.1 Å². The van der Waals surface area contributed by atoms with Gasteiger partial charge in [0.1, 0.15) is 0 Å². The molecule has 1 N–H and O–H groups in total. The van der Waals surface area contributed by atoms with Crippen LogP contribution in [0.4, 0.5) is 0 Å². The predicted molar refractivity (Wildman–Crippen MR) is 76.8 cm³/mol. The van der Waals surface area contributed by atoms with Crippen molar-refractivity contribution < 1.29 is 4.74 Å². The SMILES string of the molecule is CCCNC(C1CC(C)(C)OC1(C)C)C1(C)CC1. The molecule has 2 nitrogen and oxygen atoms in total. The molecule has 1 saturated carbocycles. The van der Waals surface area contributed by atoms with E-state index in [-0.39, 0.29) is 11.2 Å². The first-order valence-electron chi connectivity index (χ1n) is 7.64. The average Bonchev–Trinajstić information content (AvgIpc) is 2.89. The summed E-state index contributed by atoms with van der Waals surface area (Å²) in [5.41, 5.74) is 0.549. The van der Waals surface area contributed by atoms with Crippen LogP contribution in [-0.2, 0) is 4.74 Å². The van der Waals surface area contributed by atoms with Gasteiger partial charge in [-0.2, -0.15) is 0 Å². The molecule has 0 aromatic carbocycles. The minimum atomic E-state index is 0.000504. The number of ether oxygens (including phenoxy) is 1. The molecule has 0 spiro atoms. The Morgan fingerprint density at radius 3 is 2.17 bits per heavy atom. The third kappa shape index (κ3) is 2.75. The maximum absolute atomic E-state index is 6.29. The van der Waals surface area contributed by atoms with Crippen LogP contribution in [0.15, 0.2) is 0 Å². The van der Waals surface area contributed by atoms with Crippen molar-refractivity contribution >= 4 is 0 Å². The van der Waals surface area contributed by atoms with Crippen LogP contribution in [0.2, 0.25) is 0 Å². The molecule has 0 radical (unpaired) electrons. The molecule has 0 aromatic rings. The molecule has 1 aliphatic carbocycles. The Morgan fingerprint density at radius 1 is 1.17 bits per heavy atom. The van der Waals surface area contributed by atoms with Gasteiger partial charge in [0.05, 0.1) is 11.2 Å². The van der Waals surface area contributed by atoms with Crippen LogP contribution in [0.25, 0.3) is 0 Å². The summed E-state index contributed by atoms with van der Waals surface area (Å²) in [6.45, 7) is 14.9. The summed E-state index contributed by atoms with van der Waals surface area (Å²) in [5, 5.41) is 3.83. The van der Waals surface area contributed by atoms with E-state index in [1.807, 2.05) is 0 Å². The zero-order chi connectivity index (χ0) is 13.6. The fourth-order valence-corrected chi connectivity index (χ4v) is 3.81. The van der Waals surface area contributed by atoms with Crippen LogP contribution in [-0.4, -0.2) is 23.8 Å². The highest BCUT2D eigenvalue weighted by atomic mass is 16.5. The predicted octanol–water partition coefficient (Wildman–Crippen LogP) is 3.75. The molecule has 2 heteroatoms. The van der Waals surface area contributed by atoms with E-state index in [0.717, 1.165) is 6.54 Å². The van der Waals surface area contributed by atoms with E-state index in [4.69, 9.17) is 4.74 Å². The zero-order valence-electron chi connectivity index (χ0n) is 13.1. The van der Waals surface area contributed by atoms with Crippen LogP contribution in [0, 0.1) is 11.3 Å². The second-order valence-electron chi connectivity index (χ2n) is 7.86. The number of hydrogen-bond donors (Lipinski definition) is 1. The van der Waals surface area contributed by atoms with Gasteiger partial charge in [0.25, 0.3) is 0 Å². The van der Waals surface area contributed by atoms with Gasteiger partial charge >= 0.3 is 0 Å². The summed E-state index contributed by atoms with van der Waals surface area (Å²) >= 11 is 0. The first kappa shape index (κ1) is 14.3. The van der Waals surface area contributed by atoms with Gasteiger partial charge in [-0.3, -0.25) is 0 Å². The van der Waals surface area contributed by atoms with E-state index < -0.39 is 0 Å². The van der Waals surface area contributed by atoms with Crippen LogP contribution in [0.3, 0.4) is 0 Å². The highest BCUT2D eigenvalue weighted by Crippen LogP contribution is 2.55. The number of nitrogens with one attached hydrogen (secondary N) is 1. The maximum Gasteiger partial charge on any atom is 0.0677 e. The van der Waals surface area contributed by atoms with Gasteiger partial charge in [-0.15, -0.1) is 0 Å². The Bertz CT molecular complexity index is 304. The molecule has 1 saturated heterocycles. The molecule has 0 bridgehead atoms. The molecule has 2 rings (SSSR count). The molecular weight excluding hydrogens is 222 g/mol. The van der Waals surface area contributed by atoms with Crippen LogP contribution >= 0.6 is 0 Å². The summed E-state index contributed by atoms with van der Waals surface area (Å²) in [4.78, 5) is 0. The van der Waals surface area contributed by atoms with Gasteiger partial charge in [0.15, 0.2) is 0 Å². The zero-order valence-corrected chi connectivity index (χ0v) is 13.1. The Balaban J connectivity index is 2.15. The smallest absolute Gasteiger partial charge is 0.0677 e. The Morgan fingerprint density at radius 2 is 1.78 bits per heavy atom. The molecule has 2 atom stereocenters. The van der Waals surface area contributed by atoms with Crippen molar-refractivity contribution in [1.29, 1.82) is 0 Å². The van der Waals surface area contributed by atoms with Gasteiger partial charge in [-0.1, -0.05) is 13.8 Å². The number of rotatable bonds is 5. The van der Waals surface area contributed by atoms with Gasteiger partial charge in [-0.05, 0) is 65.3 Å². The minimum Gasteiger partial charge on any atom is -0.369 e. The molecule has 0 aromatic heterocycles. The highest BCUT2D eigenvalue weighted by molar-refractivity contribution is 5.08. The Kier molecular flexibility index (Phi) is 3.57. The molecule has 0 amide bonds. The van der Waals surface area contributed by atoms with Crippen molar-refractivity contribution in [3.8, 4) is 0 Å². The van der Waals surface area contributed by atoms with Crippen molar-refractivity contribution in [2.45, 2.75) is 84.5 Å². The molecule has 18 heavy (non-hydrogen) atoms. The van der Waals surface area contributed by atoms with E-state index in [1.54, 1.807) is 0 Å². The Hall–Kier alpha value is -0.0800. The van der Waals surface area contributed by atoms with Crippen LogP contribution < -0.4 is 5.32 Å². The van der Waals surface area contributed by atoms with Crippen molar-refractivity contribution in [3.63, 3.8) is 0 Å². The fourth-order valence-electron chi connectivity index (χ4n) is 3.81. The van der Waals surface area contributed by atoms with Gasteiger partial charge in [0, 0.05) is 12.0 Å². The second kappa shape index (κ2) is 4.49. The average molecular weight is 253 g/mol. The van der Waals surface area contributed by atoms with Gasteiger partial charge in [0.2, 0.25) is 0 Å². The van der Waals surface area contributed by atoms with Crippen molar-refractivity contribution in [2.24, 2.45) is 11.3 Å². The summed E-state index contributed by atoms with van der Waals surface area (Å²) in [5.74, 6) is 0.631. The fraction of sp³-hybridized carbons (Fsp3) is 1.00. The molecule has 2 fully saturated rings. The standard InChI is InChI=1S/C16H31NO/c1-7-10-17-13(16(6)8-9-16)12-11-14(2,3)18-15(12,4)5/h12-13,17H,7-11H2,1-6H3. The molecule has 2 aliphatic rings. The van der Waals surface area contributed by atoms with Crippen molar-refractivity contribution in [3.05, 3.63) is 0 Å². The lowest BCUT2D eigenvalue weighted by Crippen LogP contribution is -2.49. The first-order valence-corrected chi connectivity index (χ1v) is 7.64. The highest BCUT2D eigenvalue weighted by Gasteiger charge is 2.56. The van der Waals surface area contributed by atoms with Crippen LogP contribution in [0.5, 0.6) is 0 Å². The molecular formula is C16H31NO. The summed E-state index contributed by atoms with van der Waals surface area (Å²) in [6.07, 6.45) is 5.14. The molecule has 1 aliphatic heterocycles. The molecule has 106 valence electrons.